The van der Waals surface area contributed by atoms with Gasteiger partial charge in [-0.2, -0.15) is 13.2 Å². The van der Waals surface area contributed by atoms with Gasteiger partial charge in [0.1, 0.15) is 5.82 Å². The maximum Gasteiger partial charge on any atom is 0.416 e. The van der Waals surface area contributed by atoms with Gasteiger partial charge in [0, 0.05) is 10.0 Å². The van der Waals surface area contributed by atoms with E-state index in [0.717, 1.165) is 12.1 Å². The summed E-state index contributed by atoms with van der Waals surface area (Å²) in [6.07, 6.45) is -4.43. The highest BCUT2D eigenvalue weighted by atomic mass is 79.9. The summed E-state index contributed by atoms with van der Waals surface area (Å²) in [7, 11) is 0. The Morgan fingerprint density at radius 3 is 2.37 bits per heavy atom. The fourth-order valence-electron chi connectivity index (χ4n) is 1.59. The molecule has 0 fully saturated rings. The van der Waals surface area contributed by atoms with E-state index in [-0.39, 0.29) is 17.0 Å². The predicted molar refractivity (Wildman–Crippen MR) is 67.1 cm³/mol. The Hall–Kier alpha value is -1.43. The average Bonchev–Trinajstić information content (AvgIpc) is 2.32. The van der Waals surface area contributed by atoms with Crippen LogP contribution in [0.1, 0.15) is 11.3 Å². The lowest BCUT2D eigenvalue weighted by Gasteiger charge is -2.11. The van der Waals surface area contributed by atoms with Gasteiger partial charge in [-0.25, -0.2) is 4.39 Å². The Morgan fingerprint density at radius 2 is 1.79 bits per heavy atom. The van der Waals surface area contributed by atoms with Gasteiger partial charge in [0.05, 0.1) is 17.0 Å². The number of aryl methyl sites for hydroxylation is 1. The smallest absolute Gasteiger partial charge is 0.250 e. The molecule has 0 radical (unpaired) electrons. The van der Waals surface area contributed by atoms with Crippen molar-refractivity contribution in [2.45, 2.75) is 13.1 Å². The van der Waals surface area contributed by atoms with Gasteiger partial charge >= 0.3 is 6.18 Å². The van der Waals surface area contributed by atoms with E-state index < -0.39 is 17.6 Å². The number of halogens is 5. The summed E-state index contributed by atoms with van der Waals surface area (Å²) in [6.45, 7) is 1.46. The van der Waals surface area contributed by atoms with Crippen molar-refractivity contribution in [3.63, 3.8) is 0 Å². The standard InChI is InChI=1S/C13H8BrF4N/c1-7-11(15)4-5-12(19-7)9-6-8(13(16,17)18)2-3-10(9)14/h2-6H,1H3. The first-order valence-corrected chi connectivity index (χ1v) is 6.08. The van der Waals surface area contributed by atoms with Crippen LogP contribution < -0.4 is 0 Å². The summed E-state index contributed by atoms with van der Waals surface area (Å²) < 4.78 is 51.6. The van der Waals surface area contributed by atoms with Crippen molar-refractivity contribution in [1.82, 2.24) is 4.98 Å². The fourth-order valence-corrected chi connectivity index (χ4v) is 2.04. The summed E-state index contributed by atoms with van der Waals surface area (Å²) in [5, 5.41) is 0. The molecule has 0 saturated heterocycles. The first kappa shape index (κ1) is 14.0. The van der Waals surface area contributed by atoms with Crippen LogP contribution in [0.3, 0.4) is 0 Å². The van der Waals surface area contributed by atoms with Crippen LogP contribution in [0.5, 0.6) is 0 Å². The largest absolute Gasteiger partial charge is 0.416 e. The quantitative estimate of drug-likeness (QED) is 0.671. The third-order valence-corrected chi connectivity index (χ3v) is 3.28. The van der Waals surface area contributed by atoms with E-state index >= 15 is 0 Å². The topological polar surface area (TPSA) is 12.9 Å². The zero-order chi connectivity index (χ0) is 14.2. The van der Waals surface area contributed by atoms with Crippen molar-refractivity contribution < 1.29 is 17.6 Å². The van der Waals surface area contributed by atoms with Crippen LogP contribution in [0.25, 0.3) is 11.3 Å². The van der Waals surface area contributed by atoms with Gasteiger partial charge in [-0.15, -0.1) is 0 Å². The van der Waals surface area contributed by atoms with Crippen LogP contribution in [-0.2, 0) is 6.18 Å². The summed E-state index contributed by atoms with van der Waals surface area (Å²) in [5.74, 6) is -0.494. The number of pyridine rings is 1. The Kier molecular flexibility index (Phi) is 3.62. The van der Waals surface area contributed by atoms with Gasteiger partial charge in [0.15, 0.2) is 0 Å². The van der Waals surface area contributed by atoms with Gasteiger partial charge in [0.2, 0.25) is 0 Å². The van der Waals surface area contributed by atoms with Gasteiger partial charge in [-0.3, -0.25) is 4.98 Å². The summed E-state index contributed by atoms with van der Waals surface area (Å²) >= 11 is 3.18. The van der Waals surface area contributed by atoms with Crippen molar-refractivity contribution in [3.8, 4) is 11.3 Å². The molecule has 0 spiro atoms. The highest BCUT2D eigenvalue weighted by Crippen LogP contribution is 2.35. The Labute approximate surface area is 115 Å². The van der Waals surface area contributed by atoms with Gasteiger partial charge < -0.3 is 0 Å². The third kappa shape index (κ3) is 2.94. The molecule has 0 aliphatic carbocycles. The number of nitrogens with zero attached hydrogens (tertiary/aromatic N) is 1. The lowest BCUT2D eigenvalue weighted by atomic mass is 10.1. The van der Waals surface area contributed by atoms with E-state index in [4.69, 9.17) is 0 Å². The van der Waals surface area contributed by atoms with E-state index in [1.807, 2.05) is 0 Å². The van der Waals surface area contributed by atoms with Gasteiger partial charge in [-0.1, -0.05) is 15.9 Å². The lowest BCUT2D eigenvalue weighted by Crippen LogP contribution is -2.05. The molecule has 1 aromatic carbocycles. The third-order valence-electron chi connectivity index (χ3n) is 2.59. The van der Waals surface area contributed by atoms with Crippen LogP contribution >= 0.6 is 15.9 Å². The molecule has 19 heavy (non-hydrogen) atoms. The zero-order valence-electron chi connectivity index (χ0n) is 9.72. The lowest BCUT2D eigenvalue weighted by molar-refractivity contribution is -0.137. The molecule has 2 rings (SSSR count). The van der Waals surface area contributed by atoms with Crippen molar-refractivity contribution in [3.05, 3.63) is 51.9 Å². The Bertz CT molecular complexity index is 623. The van der Waals surface area contributed by atoms with Crippen molar-refractivity contribution in [2.75, 3.05) is 0 Å². The number of hydrogen-bond acceptors (Lipinski definition) is 1. The van der Waals surface area contributed by atoms with Crippen molar-refractivity contribution in [1.29, 1.82) is 0 Å². The normalized spacial score (nSPS) is 11.7. The van der Waals surface area contributed by atoms with Crippen molar-refractivity contribution in [2.24, 2.45) is 0 Å². The van der Waals surface area contributed by atoms with Crippen LogP contribution in [0.15, 0.2) is 34.8 Å². The fraction of sp³-hybridized carbons (Fsp3) is 0.154. The predicted octanol–water partition coefficient (Wildman–Crippen LogP) is 4.98. The molecule has 0 atom stereocenters. The second-order valence-corrected chi connectivity index (χ2v) is 4.81. The Balaban J connectivity index is 2.58. The monoisotopic (exact) mass is 333 g/mol. The molecule has 0 aliphatic heterocycles. The molecule has 1 nitrogen and oxygen atoms in total. The summed E-state index contributed by atoms with van der Waals surface area (Å²) in [6, 6.07) is 5.80. The number of alkyl halides is 3. The van der Waals surface area contributed by atoms with Gasteiger partial charge in [0.25, 0.3) is 0 Å². The highest BCUT2D eigenvalue weighted by molar-refractivity contribution is 9.10. The second-order valence-electron chi connectivity index (χ2n) is 3.96. The number of benzene rings is 1. The molecule has 100 valence electrons. The minimum atomic E-state index is -4.43. The van der Waals surface area contributed by atoms with E-state index in [1.54, 1.807) is 0 Å². The number of aromatic nitrogens is 1. The van der Waals surface area contributed by atoms with Crippen molar-refractivity contribution >= 4 is 15.9 Å². The van der Waals surface area contributed by atoms with E-state index in [9.17, 15) is 17.6 Å². The molecular formula is C13H8BrF4N. The minimum Gasteiger partial charge on any atom is -0.250 e. The molecule has 0 unspecified atom stereocenters. The molecule has 0 aliphatic rings. The van der Waals surface area contributed by atoms with E-state index in [1.165, 1.54) is 25.1 Å². The highest BCUT2D eigenvalue weighted by Gasteiger charge is 2.31. The van der Waals surface area contributed by atoms with Gasteiger partial charge in [-0.05, 0) is 37.3 Å². The first-order valence-electron chi connectivity index (χ1n) is 5.29. The molecule has 6 heteroatoms. The average molecular weight is 334 g/mol. The molecule has 2 aromatic rings. The Morgan fingerprint density at radius 1 is 1.11 bits per heavy atom. The maximum atomic E-state index is 13.1. The molecule has 1 heterocycles. The molecule has 1 aromatic heterocycles. The maximum absolute atomic E-state index is 13.1. The SMILES string of the molecule is Cc1nc(-c2cc(C(F)(F)F)ccc2Br)ccc1F. The van der Waals surface area contributed by atoms with Crippen LogP contribution in [0.2, 0.25) is 0 Å². The van der Waals surface area contributed by atoms with E-state index in [0.29, 0.717) is 4.47 Å². The summed E-state index contributed by atoms with van der Waals surface area (Å²) in [4.78, 5) is 3.95. The first-order chi connectivity index (χ1) is 8.79. The summed E-state index contributed by atoms with van der Waals surface area (Å²) in [5.41, 5.74) is -0.0638. The molecule has 0 bridgehead atoms. The molecule has 0 amide bonds. The minimum absolute atomic E-state index is 0.141. The second kappa shape index (κ2) is 4.92. The molecule has 0 saturated carbocycles. The number of rotatable bonds is 1. The zero-order valence-corrected chi connectivity index (χ0v) is 11.3. The molecular weight excluding hydrogens is 326 g/mol. The van der Waals surface area contributed by atoms with Crippen LogP contribution in [0, 0.1) is 12.7 Å². The van der Waals surface area contributed by atoms with E-state index in [2.05, 4.69) is 20.9 Å². The molecule has 0 N–H and O–H groups in total. The van der Waals surface area contributed by atoms with Crippen LogP contribution in [0.4, 0.5) is 17.6 Å². The number of hydrogen-bond donors (Lipinski definition) is 0. The van der Waals surface area contributed by atoms with Crippen LogP contribution in [-0.4, -0.2) is 4.98 Å².